The predicted octanol–water partition coefficient (Wildman–Crippen LogP) is 3.78. The number of pyridine rings is 1. The lowest BCUT2D eigenvalue weighted by atomic mass is 9.92. The van der Waals surface area contributed by atoms with E-state index in [9.17, 15) is 18.8 Å². The molecule has 36 heavy (non-hydrogen) atoms. The highest BCUT2D eigenvalue weighted by atomic mass is 19.1. The van der Waals surface area contributed by atoms with Crippen molar-refractivity contribution in [3.05, 3.63) is 89.9 Å². The molecule has 2 heterocycles. The number of benzene rings is 2. The van der Waals surface area contributed by atoms with Crippen molar-refractivity contribution in [3.63, 3.8) is 0 Å². The normalized spacial score (nSPS) is 17.7. The molecule has 2 atom stereocenters. The zero-order valence-corrected chi connectivity index (χ0v) is 20.4. The maximum absolute atomic E-state index is 13.5. The van der Waals surface area contributed by atoms with Crippen LogP contribution in [-0.4, -0.2) is 52.4 Å². The van der Waals surface area contributed by atoms with Crippen molar-refractivity contribution in [3.8, 4) is 11.3 Å². The molecule has 4 rings (SSSR count). The van der Waals surface area contributed by atoms with E-state index in [2.05, 4.69) is 10.3 Å². The third-order valence-corrected chi connectivity index (χ3v) is 6.38. The summed E-state index contributed by atoms with van der Waals surface area (Å²) in [5, 5.41) is 2.76. The number of carbonyl (C=O) groups is 3. The van der Waals surface area contributed by atoms with Crippen LogP contribution in [0.4, 0.5) is 4.39 Å². The Hall–Kier alpha value is -4.07. The van der Waals surface area contributed by atoms with Gasteiger partial charge in [0, 0.05) is 23.7 Å². The number of halogens is 1. The highest BCUT2D eigenvalue weighted by molar-refractivity contribution is 6.00. The molecule has 0 spiro atoms. The van der Waals surface area contributed by atoms with E-state index < -0.39 is 29.5 Å². The zero-order chi connectivity index (χ0) is 25.9. The Morgan fingerprint density at radius 1 is 1.08 bits per heavy atom. The number of hydrogen-bond acceptors (Lipinski definition) is 5. The van der Waals surface area contributed by atoms with E-state index in [1.165, 1.54) is 30.3 Å². The number of likely N-dealkylation sites (tertiary alicyclic amines) is 1. The molecule has 2 amide bonds. The zero-order valence-electron chi connectivity index (χ0n) is 20.4. The van der Waals surface area contributed by atoms with Crippen molar-refractivity contribution in [1.29, 1.82) is 0 Å². The molecule has 1 aromatic heterocycles. The minimum atomic E-state index is -0.900. The second-order valence-corrected chi connectivity index (χ2v) is 9.42. The molecule has 0 unspecified atom stereocenters. The summed E-state index contributed by atoms with van der Waals surface area (Å²) in [4.78, 5) is 44.9. The molecular formula is C28H28FN3O4. The summed E-state index contributed by atoms with van der Waals surface area (Å²) in [6.07, 6.45) is 1.93. The molecule has 186 valence electrons. The van der Waals surface area contributed by atoms with Crippen molar-refractivity contribution in [1.82, 2.24) is 15.2 Å². The van der Waals surface area contributed by atoms with Crippen LogP contribution in [-0.2, 0) is 20.7 Å². The molecule has 0 aliphatic carbocycles. The first-order chi connectivity index (χ1) is 17.2. The summed E-state index contributed by atoms with van der Waals surface area (Å²) in [5.41, 5.74) is 1.97. The monoisotopic (exact) mass is 489 g/mol. The minimum absolute atomic E-state index is 0.0830. The van der Waals surface area contributed by atoms with Crippen LogP contribution >= 0.6 is 0 Å². The number of esters is 1. The smallest absolute Gasteiger partial charge is 0.328 e. The van der Waals surface area contributed by atoms with Crippen LogP contribution in [0.5, 0.6) is 0 Å². The highest BCUT2D eigenvalue weighted by Crippen LogP contribution is 2.32. The van der Waals surface area contributed by atoms with E-state index in [1.54, 1.807) is 24.3 Å². The summed E-state index contributed by atoms with van der Waals surface area (Å²) in [5.74, 6) is -1.74. The molecule has 2 aromatic carbocycles. The number of carbonyl (C=O) groups excluding carboxylic acids is 3. The first-order valence-electron chi connectivity index (χ1n) is 11.7. The number of hydrogen-bond donors (Lipinski definition) is 1. The van der Waals surface area contributed by atoms with Crippen LogP contribution in [0, 0.1) is 5.82 Å². The fourth-order valence-electron chi connectivity index (χ4n) is 4.67. The van der Waals surface area contributed by atoms with Gasteiger partial charge in [0.1, 0.15) is 17.9 Å². The van der Waals surface area contributed by atoms with Crippen LogP contribution in [0.2, 0.25) is 0 Å². The molecule has 1 fully saturated rings. The summed E-state index contributed by atoms with van der Waals surface area (Å²) in [7, 11) is 1.27. The van der Waals surface area contributed by atoms with E-state index in [-0.39, 0.29) is 18.1 Å². The summed E-state index contributed by atoms with van der Waals surface area (Å²) >= 11 is 0. The Labute approximate surface area is 209 Å². The molecule has 8 heteroatoms. The lowest BCUT2D eigenvalue weighted by Gasteiger charge is -2.39. The van der Waals surface area contributed by atoms with Gasteiger partial charge in [-0.15, -0.1) is 0 Å². The van der Waals surface area contributed by atoms with Crippen LogP contribution in [0.15, 0.2) is 72.9 Å². The van der Waals surface area contributed by atoms with Crippen LogP contribution in [0.25, 0.3) is 11.3 Å². The fourth-order valence-corrected chi connectivity index (χ4v) is 4.67. The van der Waals surface area contributed by atoms with Crippen LogP contribution in [0.3, 0.4) is 0 Å². The van der Waals surface area contributed by atoms with Crippen molar-refractivity contribution in [2.45, 2.75) is 44.3 Å². The van der Waals surface area contributed by atoms with Crippen molar-refractivity contribution in [2.24, 2.45) is 0 Å². The molecule has 3 aromatic rings. The Morgan fingerprint density at radius 3 is 2.39 bits per heavy atom. The highest BCUT2D eigenvalue weighted by Gasteiger charge is 2.50. The van der Waals surface area contributed by atoms with E-state index in [4.69, 9.17) is 4.74 Å². The van der Waals surface area contributed by atoms with E-state index in [0.29, 0.717) is 12.0 Å². The van der Waals surface area contributed by atoms with Gasteiger partial charge in [0.25, 0.3) is 5.91 Å². The Bertz CT molecular complexity index is 1240. The number of nitrogens with one attached hydrogen (secondary N) is 1. The van der Waals surface area contributed by atoms with Gasteiger partial charge in [-0.05, 0) is 50.1 Å². The van der Waals surface area contributed by atoms with Gasteiger partial charge in [-0.25, -0.2) is 9.18 Å². The first-order valence-corrected chi connectivity index (χ1v) is 11.7. The molecule has 7 nitrogen and oxygen atoms in total. The third-order valence-electron chi connectivity index (χ3n) is 6.38. The van der Waals surface area contributed by atoms with Crippen molar-refractivity contribution < 1.29 is 23.5 Å². The Balaban J connectivity index is 1.51. The van der Waals surface area contributed by atoms with Gasteiger partial charge < -0.3 is 15.0 Å². The molecule has 1 aliphatic rings. The number of nitrogens with zero attached hydrogens (tertiary/aromatic N) is 2. The van der Waals surface area contributed by atoms with E-state index in [1.807, 2.05) is 44.2 Å². The second kappa shape index (κ2) is 10.3. The van der Waals surface area contributed by atoms with Gasteiger partial charge in [-0.3, -0.25) is 14.6 Å². The second-order valence-electron chi connectivity index (χ2n) is 9.42. The summed E-state index contributed by atoms with van der Waals surface area (Å²) < 4.78 is 18.3. The van der Waals surface area contributed by atoms with Gasteiger partial charge in [-0.2, -0.15) is 0 Å². The maximum atomic E-state index is 13.5. The third kappa shape index (κ3) is 5.27. The summed E-state index contributed by atoms with van der Waals surface area (Å²) in [6, 6.07) is 17.2. The molecule has 0 bridgehead atoms. The number of amides is 2. The minimum Gasteiger partial charge on any atom is -0.467 e. The van der Waals surface area contributed by atoms with Crippen LogP contribution < -0.4 is 5.32 Å². The lowest BCUT2D eigenvalue weighted by Crippen LogP contribution is -2.54. The molecule has 0 saturated carbocycles. The van der Waals surface area contributed by atoms with E-state index in [0.717, 1.165) is 16.8 Å². The SMILES string of the molecule is COC(=O)[C@@H]1C[C@H](NC(=O)c2ccc(-c3ccccc3)nc2)C(=O)N1C(C)(C)Cc1ccc(F)cc1. The molecule has 1 N–H and O–H groups in total. The maximum Gasteiger partial charge on any atom is 0.328 e. The average Bonchev–Trinajstić information content (AvgIpc) is 3.22. The van der Waals surface area contributed by atoms with Crippen molar-refractivity contribution >= 4 is 17.8 Å². The largest absolute Gasteiger partial charge is 0.467 e. The number of ether oxygens (including phenoxy) is 1. The van der Waals surface area contributed by atoms with Gasteiger partial charge in [-0.1, -0.05) is 42.5 Å². The number of rotatable bonds is 7. The molecule has 1 aliphatic heterocycles. The number of methoxy groups -OCH3 is 1. The number of aromatic nitrogens is 1. The summed E-state index contributed by atoms with van der Waals surface area (Å²) in [6.45, 7) is 3.67. The molecule has 1 saturated heterocycles. The average molecular weight is 490 g/mol. The first kappa shape index (κ1) is 25.0. The Morgan fingerprint density at radius 2 is 1.78 bits per heavy atom. The predicted molar refractivity (Wildman–Crippen MR) is 132 cm³/mol. The molecule has 0 radical (unpaired) electrons. The topological polar surface area (TPSA) is 88.6 Å². The van der Waals surface area contributed by atoms with Gasteiger partial charge in [0.2, 0.25) is 5.91 Å². The van der Waals surface area contributed by atoms with Gasteiger partial charge in [0.15, 0.2) is 0 Å². The van der Waals surface area contributed by atoms with Crippen molar-refractivity contribution in [2.75, 3.05) is 7.11 Å². The lowest BCUT2D eigenvalue weighted by molar-refractivity contribution is -0.153. The van der Waals surface area contributed by atoms with Gasteiger partial charge in [0.05, 0.1) is 18.4 Å². The van der Waals surface area contributed by atoms with Gasteiger partial charge >= 0.3 is 5.97 Å². The van der Waals surface area contributed by atoms with Crippen LogP contribution in [0.1, 0.15) is 36.2 Å². The molecular weight excluding hydrogens is 461 g/mol. The Kier molecular flexibility index (Phi) is 7.15. The standard InChI is InChI=1S/C28H28FN3O4/c1-28(2,16-18-9-12-21(29)13-10-18)32-24(27(35)36-3)15-23(26(32)34)31-25(33)20-11-14-22(30-17-20)19-7-5-4-6-8-19/h4-14,17,23-24H,15-16H2,1-3H3,(H,31,33)/t23-,24-/m0/s1. The quantitative estimate of drug-likeness (QED) is 0.511. The van der Waals surface area contributed by atoms with E-state index >= 15 is 0 Å². The fraction of sp³-hybridized carbons (Fsp3) is 0.286.